The summed E-state index contributed by atoms with van der Waals surface area (Å²) in [5.41, 5.74) is 6.69. The molecule has 112 valence electrons. The average molecular weight is 304 g/mol. The summed E-state index contributed by atoms with van der Waals surface area (Å²) in [6.07, 6.45) is 2.05. The van der Waals surface area contributed by atoms with Crippen molar-refractivity contribution in [3.63, 3.8) is 0 Å². The molecule has 0 aliphatic rings. The van der Waals surface area contributed by atoms with Gasteiger partial charge >= 0.3 is 0 Å². The molecule has 6 nitrogen and oxygen atoms in total. The first kappa shape index (κ1) is 15.4. The molecule has 1 aromatic heterocycles. The number of hydrogen-bond donors (Lipinski definition) is 2. The van der Waals surface area contributed by atoms with Gasteiger partial charge in [0.15, 0.2) is 0 Å². The minimum atomic E-state index is 0.218. The Bertz CT molecular complexity index is 583. The Hall–Kier alpha value is -2.02. The number of aromatic nitrogens is 3. The first-order chi connectivity index (χ1) is 10.2. The van der Waals surface area contributed by atoms with Gasteiger partial charge in [-0.25, -0.2) is 0 Å². The second-order valence-corrected chi connectivity index (χ2v) is 5.22. The van der Waals surface area contributed by atoms with E-state index in [2.05, 4.69) is 34.1 Å². The number of nitrogens with two attached hydrogens (primary N) is 1. The van der Waals surface area contributed by atoms with Gasteiger partial charge in [0.1, 0.15) is 0 Å². The summed E-state index contributed by atoms with van der Waals surface area (Å²) in [6, 6.07) is 8.07. The van der Waals surface area contributed by atoms with Crippen LogP contribution in [0.2, 0.25) is 0 Å². The molecule has 2 rings (SSSR count). The number of nitrogens with zero attached hydrogens (tertiary/aromatic N) is 4. The van der Waals surface area contributed by atoms with E-state index in [9.17, 15) is 0 Å². The van der Waals surface area contributed by atoms with E-state index in [0.717, 1.165) is 18.8 Å². The van der Waals surface area contributed by atoms with Gasteiger partial charge in [0.2, 0.25) is 17.8 Å². The van der Waals surface area contributed by atoms with Crippen molar-refractivity contribution in [2.45, 2.75) is 18.7 Å². The molecule has 1 heterocycles. The lowest BCUT2D eigenvalue weighted by Gasteiger charge is -2.19. The van der Waals surface area contributed by atoms with E-state index in [0.29, 0.717) is 11.9 Å². The maximum absolute atomic E-state index is 5.77. The number of hydrogen-bond acceptors (Lipinski definition) is 7. The molecule has 7 heteroatoms. The van der Waals surface area contributed by atoms with Gasteiger partial charge in [-0.2, -0.15) is 15.0 Å². The molecule has 0 aliphatic carbocycles. The third kappa shape index (κ3) is 3.98. The number of nitrogen functional groups attached to an aromatic ring is 1. The minimum absolute atomic E-state index is 0.218. The van der Waals surface area contributed by atoms with Crippen molar-refractivity contribution in [1.29, 1.82) is 0 Å². The van der Waals surface area contributed by atoms with Crippen molar-refractivity contribution in [3.8, 4) is 0 Å². The van der Waals surface area contributed by atoms with E-state index >= 15 is 0 Å². The summed E-state index contributed by atoms with van der Waals surface area (Å²) in [7, 11) is 0. The standard InChI is InChI=1S/C14H20N6S/c1-4-20(5-2)14-18-12(15)17-13(19-14)16-10-6-8-11(21-3)9-7-10/h6-9H,4-5H2,1-3H3,(H3,15,16,17,18,19). The summed E-state index contributed by atoms with van der Waals surface area (Å²) >= 11 is 1.70. The van der Waals surface area contributed by atoms with Crippen LogP contribution in [0.1, 0.15) is 13.8 Å². The van der Waals surface area contributed by atoms with Crippen molar-refractivity contribution in [2.24, 2.45) is 0 Å². The SMILES string of the molecule is CCN(CC)c1nc(N)nc(Nc2ccc(SC)cc2)n1. The topological polar surface area (TPSA) is 80.0 Å². The van der Waals surface area contributed by atoms with Gasteiger partial charge in [0.05, 0.1) is 0 Å². The molecule has 0 bridgehead atoms. The summed E-state index contributed by atoms with van der Waals surface area (Å²) in [5, 5.41) is 3.16. The maximum Gasteiger partial charge on any atom is 0.233 e. The van der Waals surface area contributed by atoms with Crippen LogP contribution in [0, 0.1) is 0 Å². The van der Waals surface area contributed by atoms with Crippen molar-refractivity contribution >= 4 is 35.3 Å². The Morgan fingerprint density at radius 3 is 2.33 bits per heavy atom. The zero-order valence-corrected chi connectivity index (χ0v) is 13.3. The molecule has 3 N–H and O–H groups in total. The molecule has 0 aliphatic heterocycles. The van der Waals surface area contributed by atoms with E-state index in [1.807, 2.05) is 35.4 Å². The van der Waals surface area contributed by atoms with Crippen LogP contribution in [0.5, 0.6) is 0 Å². The van der Waals surface area contributed by atoms with Gasteiger partial charge in [-0.05, 0) is 44.4 Å². The number of thioether (sulfide) groups is 1. The fourth-order valence-electron chi connectivity index (χ4n) is 1.89. The quantitative estimate of drug-likeness (QED) is 0.794. The van der Waals surface area contributed by atoms with E-state index in [4.69, 9.17) is 5.73 Å². The predicted octanol–water partition coefficient (Wildman–Crippen LogP) is 2.77. The van der Waals surface area contributed by atoms with Gasteiger partial charge in [0, 0.05) is 23.7 Å². The Morgan fingerprint density at radius 2 is 1.76 bits per heavy atom. The number of rotatable bonds is 6. The number of anilines is 4. The van der Waals surface area contributed by atoms with Crippen LogP contribution in [0.25, 0.3) is 0 Å². The molecule has 0 fully saturated rings. The lowest BCUT2D eigenvalue weighted by molar-refractivity contribution is 0.816. The molecule has 21 heavy (non-hydrogen) atoms. The Kier molecular flexibility index (Phi) is 5.21. The number of benzene rings is 1. The van der Waals surface area contributed by atoms with Gasteiger partial charge in [-0.1, -0.05) is 0 Å². The fourth-order valence-corrected chi connectivity index (χ4v) is 2.30. The highest BCUT2D eigenvalue weighted by Gasteiger charge is 2.09. The molecule has 0 radical (unpaired) electrons. The molecule has 0 saturated heterocycles. The molecule has 0 spiro atoms. The molecular weight excluding hydrogens is 284 g/mol. The monoisotopic (exact) mass is 304 g/mol. The molecule has 0 amide bonds. The summed E-state index contributed by atoms with van der Waals surface area (Å²) in [5.74, 6) is 1.27. The van der Waals surface area contributed by atoms with E-state index in [-0.39, 0.29) is 5.95 Å². The number of nitrogens with one attached hydrogen (secondary N) is 1. The minimum Gasteiger partial charge on any atom is -0.368 e. The average Bonchev–Trinajstić information content (AvgIpc) is 2.49. The largest absolute Gasteiger partial charge is 0.368 e. The van der Waals surface area contributed by atoms with E-state index in [1.165, 1.54) is 4.90 Å². The highest BCUT2D eigenvalue weighted by atomic mass is 32.2. The van der Waals surface area contributed by atoms with Crippen molar-refractivity contribution in [2.75, 3.05) is 35.3 Å². The summed E-state index contributed by atoms with van der Waals surface area (Å²) < 4.78 is 0. The Balaban J connectivity index is 2.22. The van der Waals surface area contributed by atoms with E-state index < -0.39 is 0 Å². The molecule has 0 unspecified atom stereocenters. The van der Waals surface area contributed by atoms with Crippen LogP contribution < -0.4 is 16.0 Å². The Morgan fingerprint density at radius 1 is 1.10 bits per heavy atom. The second kappa shape index (κ2) is 7.12. The summed E-state index contributed by atoms with van der Waals surface area (Å²) in [4.78, 5) is 16.0. The fraction of sp³-hybridized carbons (Fsp3) is 0.357. The van der Waals surface area contributed by atoms with Crippen LogP contribution in [0.15, 0.2) is 29.2 Å². The van der Waals surface area contributed by atoms with Gasteiger partial charge in [-0.3, -0.25) is 0 Å². The van der Waals surface area contributed by atoms with Gasteiger partial charge in [0.25, 0.3) is 0 Å². The molecular formula is C14H20N6S. The van der Waals surface area contributed by atoms with Crippen LogP contribution in [0.4, 0.5) is 23.5 Å². The van der Waals surface area contributed by atoms with Crippen LogP contribution in [-0.4, -0.2) is 34.3 Å². The van der Waals surface area contributed by atoms with Crippen LogP contribution in [-0.2, 0) is 0 Å². The highest BCUT2D eigenvalue weighted by molar-refractivity contribution is 7.98. The second-order valence-electron chi connectivity index (χ2n) is 4.34. The lowest BCUT2D eigenvalue weighted by Crippen LogP contribution is -2.25. The Labute approximate surface area is 129 Å². The van der Waals surface area contributed by atoms with Gasteiger partial charge in [-0.15, -0.1) is 11.8 Å². The zero-order chi connectivity index (χ0) is 15.2. The smallest absolute Gasteiger partial charge is 0.233 e. The maximum atomic E-state index is 5.77. The predicted molar refractivity (Wildman–Crippen MR) is 89.3 cm³/mol. The first-order valence-corrected chi connectivity index (χ1v) is 8.06. The first-order valence-electron chi connectivity index (χ1n) is 6.83. The third-order valence-corrected chi connectivity index (χ3v) is 3.78. The molecule has 0 atom stereocenters. The normalized spacial score (nSPS) is 10.4. The van der Waals surface area contributed by atoms with Crippen molar-refractivity contribution in [3.05, 3.63) is 24.3 Å². The molecule has 0 saturated carbocycles. The van der Waals surface area contributed by atoms with Crippen molar-refractivity contribution in [1.82, 2.24) is 15.0 Å². The van der Waals surface area contributed by atoms with Crippen molar-refractivity contribution < 1.29 is 0 Å². The third-order valence-electron chi connectivity index (χ3n) is 3.03. The highest BCUT2D eigenvalue weighted by Crippen LogP contribution is 2.20. The summed E-state index contributed by atoms with van der Waals surface area (Å²) in [6.45, 7) is 5.75. The molecule has 2 aromatic rings. The zero-order valence-electron chi connectivity index (χ0n) is 12.5. The lowest BCUT2D eigenvalue weighted by atomic mass is 10.3. The van der Waals surface area contributed by atoms with Crippen LogP contribution >= 0.6 is 11.8 Å². The van der Waals surface area contributed by atoms with Gasteiger partial charge < -0.3 is 16.0 Å². The molecule has 1 aromatic carbocycles. The van der Waals surface area contributed by atoms with E-state index in [1.54, 1.807) is 11.8 Å². The van der Waals surface area contributed by atoms with Crippen LogP contribution in [0.3, 0.4) is 0 Å².